The van der Waals surface area contributed by atoms with Crippen molar-refractivity contribution in [2.75, 3.05) is 11.1 Å². The molecule has 0 fully saturated rings. The molecular formula is C12H10FN3O. The molecule has 1 amide bonds. The van der Waals surface area contributed by atoms with Crippen LogP contribution in [0.3, 0.4) is 0 Å². The Morgan fingerprint density at radius 3 is 2.82 bits per heavy atom. The Morgan fingerprint density at radius 2 is 2.18 bits per heavy atom. The van der Waals surface area contributed by atoms with Crippen LogP contribution in [0.2, 0.25) is 0 Å². The molecule has 0 aliphatic heterocycles. The Bertz CT molecular complexity index is 543. The maximum absolute atomic E-state index is 13.2. The number of pyridine rings is 1. The highest BCUT2D eigenvalue weighted by molar-refractivity contribution is 6.04. The van der Waals surface area contributed by atoms with Crippen molar-refractivity contribution in [2.24, 2.45) is 0 Å². The quantitative estimate of drug-likeness (QED) is 0.777. The second-order valence-corrected chi connectivity index (χ2v) is 3.43. The third kappa shape index (κ3) is 2.57. The number of nitrogens with zero attached hydrogens (tertiary/aromatic N) is 1. The van der Waals surface area contributed by atoms with E-state index in [-0.39, 0.29) is 11.3 Å². The number of anilines is 2. The number of halogens is 1. The molecule has 0 bridgehead atoms. The van der Waals surface area contributed by atoms with Gasteiger partial charge in [-0.2, -0.15) is 0 Å². The van der Waals surface area contributed by atoms with Crippen LogP contribution in [-0.2, 0) is 0 Å². The van der Waals surface area contributed by atoms with E-state index in [1.54, 1.807) is 18.3 Å². The summed E-state index contributed by atoms with van der Waals surface area (Å²) < 4.78 is 13.2. The third-order valence-electron chi connectivity index (χ3n) is 2.18. The molecule has 0 saturated carbocycles. The fraction of sp³-hybridized carbons (Fsp3) is 0. The number of hydrogen-bond donors (Lipinski definition) is 2. The first kappa shape index (κ1) is 11.1. The minimum absolute atomic E-state index is 0.0166. The molecule has 0 spiro atoms. The molecule has 3 N–H and O–H groups in total. The highest BCUT2D eigenvalue weighted by Gasteiger charge is 2.08. The van der Waals surface area contributed by atoms with E-state index in [0.29, 0.717) is 5.69 Å². The molecule has 1 heterocycles. The van der Waals surface area contributed by atoms with Gasteiger partial charge in [0.05, 0.1) is 17.6 Å². The zero-order valence-electron chi connectivity index (χ0n) is 8.85. The average molecular weight is 231 g/mol. The van der Waals surface area contributed by atoms with Crippen molar-refractivity contribution in [1.29, 1.82) is 0 Å². The molecule has 4 nitrogen and oxygen atoms in total. The summed E-state index contributed by atoms with van der Waals surface area (Å²) >= 11 is 0. The number of nitrogen functional groups attached to an aromatic ring is 1. The van der Waals surface area contributed by atoms with E-state index in [9.17, 15) is 9.18 Å². The molecule has 86 valence electrons. The summed E-state index contributed by atoms with van der Waals surface area (Å²) in [6, 6.07) is 7.30. The number of aromatic nitrogens is 1. The van der Waals surface area contributed by atoms with Crippen LogP contribution < -0.4 is 11.1 Å². The van der Waals surface area contributed by atoms with Crippen LogP contribution >= 0.6 is 0 Å². The number of carbonyl (C=O) groups excluding carboxylic acids is 1. The Kier molecular flexibility index (Phi) is 3.00. The predicted molar refractivity (Wildman–Crippen MR) is 63.0 cm³/mol. The molecule has 0 unspecified atom stereocenters. The van der Waals surface area contributed by atoms with Crippen molar-refractivity contribution >= 4 is 17.3 Å². The van der Waals surface area contributed by atoms with Crippen LogP contribution in [0, 0.1) is 5.82 Å². The lowest BCUT2D eigenvalue weighted by Crippen LogP contribution is -2.12. The van der Waals surface area contributed by atoms with Gasteiger partial charge >= 0.3 is 0 Å². The van der Waals surface area contributed by atoms with Gasteiger partial charge in [0.15, 0.2) is 0 Å². The lowest BCUT2D eigenvalue weighted by atomic mass is 10.2. The van der Waals surface area contributed by atoms with Crippen molar-refractivity contribution in [3.05, 3.63) is 54.1 Å². The number of carbonyl (C=O) groups is 1. The highest BCUT2D eigenvalue weighted by Crippen LogP contribution is 2.13. The van der Waals surface area contributed by atoms with Crippen molar-refractivity contribution in [1.82, 2.24) is 4.98 Å². The van der Waals surface area contributed by atoms with Crippen molar-refractivity contribution in [2.45, 2.75) is 0 Å². The van der Waals surface area contributed by atoms with Gasteiger partial charge in [-0.3, -0.25) is 9.78 Å². The second kappa shape index (κ2) is 4.61. The predicted octanol–water partition coefficient (Wildman–Crippen LogP) is 2.06. The van der Waals surface area contributed by atoms with Crippen LogP contribution in [-0.4, -0.2) is 10.9 Å². The standard InChI is InChI=1S/C12H10FN3O/c13-10-6-8(3-4-11(10)14)12(17)16-9-2-1-5-15-7-9/h1-7H,14H2,(H,16,17). The van der Waals surface area contributed by atoms with E-state index in [2.05, 4.69) is 10.3 Å². The molecule has 1 aromatic carbocycles. The van der Waals surface area contributed by atoms with Crippen molar-refractivity contribution in [3.8, 4) is 0 Å². The lowest BCUT2D eigenvalue weighted by molar-refractivity contribution is 0.102. The summed E-state index contributed by atoms with van der Waals surface area (Å²) in [7, 11) is 0. The van der Waals surface area contributed by atoms with E-state index in [0.717, 1.165) is 6.07 Å². The SMILES string of the molecule is Nc1ccc(C(=O)Nc2cccnc2)cc1F. The molecule has 1 aromatic heterocycles. The van der Waals surface area contributed by atoms with E-state index in [4.69, 9.17) is 5.73 Å². The third-order valence-corrected chi connectivity index (χ3v) is 2.18. The van der Waals surface area contributed by atoms with Crippen molar-refractivity contribution in [3.63, 3.8) is 0 Å². The van der Waals surface area contributed by atoms with Crippen LogP contribution in [0.5, 0.6) is 0 Å². The molecular weight excluding hydrogens is 221 g/mol. The molecule has 2 aromatic rings. The first-order valence-electron chi connectivity index (χ1n) is 4.93. The van der Waals surface area contributed by atoms with E-state index < -0.39 is 11.7 Å². The number of rotatable bonds is 2. The summed E-state index contributed by atoms with van der Waals surface area (Å²) in [5.74, 6) is -1.01. The zero-order chi connectivity index (χ0) is 12.3. The van der Waals surface area contributed by atoms with Crippen LogP contribution in [0.25, 0.3) is 0 Å². The number of hydrogen-bond acceptors (Lipinski definition) is 3. The zero-order valence-corrected chi connectivity index (χ0v) is 8.85. The van der Waals surface area contributed by atoms with Gasteiger partial charge < -0.3 is 11.1 Å². The van der Waals surface area contributed by atoms with Crippen LogP contribution in [0.1, 0.15) is 10.4 Å². The minimum atomic E-state index is -0.608. The van der Waals surface area contributed by atoms with E-state index in [1.807, 2.05) is 0 Å². The molecule has 0 atom stereocenters. The van der Waals surface area contributed by atoms with E-state index >= 15 is 0 Å². The summed E-state index contributed by atoms with van der Waals surface area (Å²) in [6.07, 6.45) is 3.10. The number of benzene rings is 1. The Morgan fingerprint density at radius 1 is 1.35 bits per heavy atom. The van der Waals surface area contributed by atoms with Gasteiger partial charge in [-0.1, -0.05) is 0 Å². The average Bonchev–Trinajstić information content (AvgIpc) is 2.34. The molecule has 0 aliphatic rings. The minimum Gasteiger partial charge on any atom is -0.396 e. The van der Waals surface area contributed by atoms with Crippen LogP contribution in [0.15, 0.2) is 42.7 Å². The first-order valence-corrected chi connectivity index (χ1v) is 4.93. The lowest BCUT2D eigenvalue weighted by Gasteiger charge is -2.05. The summed E-state index contributed by atoms with van der Waals surface area (Å²) in [6.45, 7) is 0. The number of nitrogens with one attached hydrogen (secondary N) is 1. The van der Waals surface area contributed by atoms with Gasteiger partial charge in [-0.25, -0.2) is 4.39 Å². The maximum atomic E-state index is 13.2. The van der Waals surface area contributed by atoms with E-state index in [1.165, 1.54) is 18.3 Å². The fourth-order valence-corrected chi connectivity index (χ4v) is 1.31. The monoisotopic (exact) mass is 231 g/mol. The molecule has 0 radical (unpaired) electrons. The second-order valence-electron chi connectivity index (χ2n) is 3.43. The molecule has 0 aliphatic carbocycles. The molecule has 0 saturated heterocycles. The van der Waals surface area contributed by atoms with Gasteiger partial charge in [0.2, 0.25) is 0 Å². The number of amides is 1. The highest BCUT2D eigenvalue weighted by atomic mass is 19.1. The van der Waals surface area contributed by atoms with Gasteiger partial charge in [0.1, 0.15) is 5.82 Å². The largest absolute Gasteiger partial charge is 0.396 e. The summed E-state index contributed by atoms with van der Waals surface area (Å²) in [5, 5.41) is 2.60. The maximum Gasteiger partial charge on any atom is 0.255 e. The van der Waals surface area contributed by atoms with Gasteiger partial charge in [0.25, 0.3) is 5.91 Å². The van der Waals surface area contributed by atoms with Gasteiger partial charge in [-0.05, 0) is 30.3 Å². The summed E-state index contributed by atoms with van der Waals surface area (Å²) in [4.78, 5) is 15.6. The Hall–Kier alpha value is -2.43. The smallest absolute Gasteiger partial charge is 0.255 e. The normalized spacial score (nSPS) is 9.94. The van der Waals surface area contributed by atoms with Gasteiger partial charge in [0, 0.05) is 11.8 Å². The first-order chi connectivity index (χ1) is 8.16. The number of nitrogens with two attached hydrogens (primary N) is 1. The Labute approximate surface area is 97.3 Å². The van der Waals surface area contributed by atoms with Crippen LogP contribution in [0.4, 0.5) is 15.8 Å². The van der Waals surface area contributed by atoms with Gasteiger partial charge in [-0.15, -0.1) is 0 Å². The molecule has 17 heavy (non-hydrogen) atoms. The molecule has 2 rings (SSSR count). The Balaban J connectivity index is 2.18. The van der Waals surface area contributed by atoms with Crippen molar-refractivity contribution < 1.29 is 9.18 Å². The fourth-order valence-electron chi connectivity index (χ4n) is 1.31. The summed E-state index contributed by atoms with van der Waals surface area (Å²) in [5.41, 5.74) is 6.10. The topological polar surface area (TPSA) is 68.0 Å². The molecule has 5 heteroatoms.